The van der Waals surface area contributed by atoms with Crippen molar-refractivity contribution in [3.63, 3.8) is 0 Å². The molecule has 1 heterocycles. The molecule has 0 aromatic heterocycles. The molecule has 98 valence electrons. The Bertz CT molecular complexity index is 273. The molecule has 0 aromatic carbocycles. The van der Waals surface area contributed by atoms with Crippen molar-refractivity contribution in [1.29, 1.82) is 0 Å². The van der Waals surface area contributed by atoms with E-state index >= 15 is 0 Å². The monoisotopic (exact) mass is 246 g/mol. The van der Waals surface area contributed by atoms with Crippen molar-refractivity contribution in [2.45, 2.75) is 44.3 Å². The highest BCUT2D eigenvalue weighted by Gasteiger charge is 2.34. The van der Waals surface area contributed by atoms with Gasteiger partial charge in [0.2, 0.25) is 0 Å². The van der Waals surface area contributed by atoms with E-state index in [4.69, 9.17) is 9.47 Å². The molecule has 17 heavy (non-hydrogen) atoms. The Hall–Kier alpha value is -1.14. The summed E-state index contributed by atoms with van der Waals surface area (Å²) in [6.45, 7) is 0.506. The predicted molar refractivity (Wildman–Crippen MR) is 56.8 cm³/mol. The van der Waals surface area contributed by atoms with Crippen molar-refractivity contribution in [2.24, 2.45) is 0 Å². The molecule has 0 unspecified atom stereocenters. The number of hydrogen-bond acceptors (Lipinski definition) is 6. The molecule has 1 rings (SSSR count). The van der Waals surface area contributed by atoms with Crippen LogP contribution in [-0.2, 0) is 19.1 Å². The smallest absolute Gasteiger partial charge is 0.366 e. The molecule has 6 nitrogen and oxygen atoms in total. The van der Waals surface area contributed by atoms with Gasteiger partial charge in [-0.1, -0.05) is 0 Å². The van der Waals surface area contributed by atoms with Gasteiger partial charge in [-0.05, 0) is 25.7 Å². The Morgan fingerprint density at radius 2 is 1.59 bits per heavy atom. The number of esters is 2. The predicted octanol–water partition coefficient (Wildman–Crippen LogP) is 0.108. The quantitative estimate of drug-likeness (QED) is 0.465. The molecule has 1 saturated heterocycles. The normalized spacial score (nSPS) is 23.6. The van der Waals surface area contributed by atoms with E-state index < -0.39 is 11.8 Å². The Morgan fingerprint density at radius 1 is 0.941 bits per heavy atom. The second-order valence-corrected chi connectivity index (χ2v) is 4.09. The second kappa shape index (κ2) is 6.56. The highest BCUT2D eigenvalue weighted by Crippen LogP contribution is 2.14. The Kier molecular flexibility index (Phi) is 5.37. The average Bonchev–Trinajstić information content (AvgIpc) is 2.27. The fourth-order valence-electron chi connectivity index (χ4n) is 1.50. The summed E-state index contributed by atoms with van der Waals surface area (Å²) in [5, 5.41) is 18.8. The van der Waals surface area contributed by atoms with Crippen LogP contribution in [0.2, 0.25) is 0 Å². The molecule has 0 bridgehead atoms. The highest BCUT2D eigenvalue weighted by atomic mass is 16.6. The van der Waals surface area contributed by atoms with Gasteiger partial charge in [-0.3, -0.25) is 4.79 Å². The second-order valence-electron chi connectivity index (χ2n) is 4.09. The third-order valence-corrected chi connectivity index (χ3v) is 2.52. The first-order valence-electron chi connectivity index (χ1n) is 5.80. The minimum absolute atomic E-state index is 0.0656. The molecule has 1 aliphatic rings. The third kappa shape index (κ3) is 5.14. The van der Waals surface area contributed by atoms with E-state index in [1.54, 1.807) is 0 Å². The molecular formula is C11H18O6. The SMILES string of the molecule is O=C1CCCC(O)(O)C(=O)OCCCCCO1. The topological polar surface area (TPSA) is 93.1 Å². The molecule has 0 aromatic rings. The minimum atomic E-state index is -2.51. The molecule has 0 spiro atoms. The van der Waals surface area contributed by atoms with Gasteiger partial charge in [-0.25, -0.2) is 4.79 Å². The number of carbonyl (C=O) groups excluding carboxylic acids is 2. The molecule has 2 N–H and O–H groups in total. The van der Waals surface area contributed by atoms with Gasteiger partial charge in [-0.2, -0.15) is 0 Å². The van der Waals surface area contributed by atoms with Gasteiger partial charge in [0, 0.05) is 12.8 Å². The zero-order valence-electron chi connectivity index (χ0n) is 9.68. The lowest BCUT2D eigenvalue weighted by Crippen LogP contribution is -2.40. The standard InChI is InChI=1S/C11H18O6/c12-9-5-4-6-11(14,15)10(13)17-8-3-1-2-7-16-9/h14-15H,1-8H2. The molecule has 0 radical (unpaired) electrons. The molecular weight excluding hydrogens is 228 g/mol. The summed E-state index contributed by atoms with van der Waals surface area (Å²) in [5.74, 6) is -3.94. The summed E-state index contributed by atoms with van der Waals surface area (Å²) < 4.78 is 9.66. The molecule has 0 atom stereocenters. The molecule has 0 amide bonds. The third-order valence-electron chi connectivity index (χ3n) is 2.52. The van der Waals surface area contributed by atoms with E-state index in [0.717, 1.165) is 6.42 Å². The minimum Gasteiger partial charge on any atom is -0.466 e. The summed E-state index contributed by atoms with van der Waals surface area (Å²) in [6.07, 6.45) is 2.08. The van der Waals surface area contributed by atoms with Crippen molar-refractivity contribution in [3.05, 3.63) is 0 Å². The lowest BCUT2D eigenvalue weighted by atomic mass is 10.1. The van der Waals surface area contributed by atoms with Crippen molar-refractivity contribution in [3.8, 4) is 0 Å². The lowest BCUT2D eigenvalue weighted by Gasteiger charge is -2.19. The van der Waals surface area contributed by atoms with Crippen LogP contribution in [0.25, 0.3) is 0 Å². The van der Waals surface area contributed by atoms with Crippen LogP contribution in [0.4, 0.5) is 0 Å². The first-order chi connectivity index (χ1) is 8.02. The van der Waals surface area contributed by atoms with Crippen LogP contribution in [0.3, 0.4) is 0 Å². The van der Waals surface area contributed by atoms with Crippen LogP contribution in [0, 0.1) is 0 Å². The molecule has 0 aliphatic carbocycles. The van der Waals surface area contributed by atoms with E-state index in [-0.39, 0.29) is 31.8 Å². The summed E-state index contributed by atoms with van der Waals surface area (Å²) in [6, 6.07) is 0. The van der Waals surface area contributed by atoms with E-state index in [9.17, 15) is 19.8 Å². The first-order valence-corrected chi connectivity index (χ1v) is 5.80. The van der Waals surface area contributed by atoms with Crippen molar-refractivity contribution >= 4 is 11.9 Å². The van der Waals surface area contributed by atoms with Gasteiger partial charge in [0.15, 0.2) is 0 Å². The summed E-state index contributed by atoms with van der Waals surface area (Å²) in [7, 11) is 0. The Labute approximate surface area is 99.5 Å². The number of carbonyl (C=O) groups is 2. The molecule has 6 heteroatoms. The van der Waals surface area contributed by atoms with Crippen LogP contribution in [0.15, 0.2) is 0 Å². The van der Waals surface area contributed by atoms with E-state index in [1.165, 1.54) is 0 Å². The zero-order valence-corrected chi connectivity index (χ0v) is 9.68. The molecule has 1 fully saturated rings. The van der Waals surface area contributed by atoms with Gasteiger partial charge >= 0.3 is 11.9 Å². The molecule has 1 aliphatic heterocycles. The van der Waals surface area contributed by atoms with Gasteiger partial charge < -0.3 is 19.7 Å². The number of cyclic esters (lactones) is 2. The Morgan fingerprint density at radius 3 is 2.29 bits per heavy atom. The molecule has 0 saturated carbocycles. The average molecular weight is 246 g/mol. The maximum absolute atomic E-state index is 11.3. The Balaban J connectivity index is 2.51. The van der Waals surface area contributed by atoms with Crippen LogP contribution >= 0.6 is 0 Å². The van der Waals surface area contributed by atoms with Gasteiger partial charge in [0.25, 0.3) is 5.79 Å². The number of hydrogen-bond donors (Lipinski definition) is 2. The van der Waals surface area contributed by atoms with Crippen molar-refractivity contribution in [1.82, 2.24) is 0 Å². The van der Waals surface area contributed by atoms with Gasteiger partial charge in [0.05, 0.1) is 13.2 Å². The number of ether oxygens (including phenoxy) is 2. The fraction of sp³-hybridized carbons (Fsp3) is 0.818. The van der Waals surface area contributed by atoms with Crippen LogP contribution in [0.1, 0.15) is 38.5 Å². The summed E-state index contributed by atoms with van der Waals surface area (Å²) >= 11 is 0. The zero-order chi connectivity index (χ0) is 12.7. The highest BCUT2D eigenvalue weighted by molar-refractivity contribution is 5.77. The van der Waals surface area contributed by atoms with Gasteiger partial charge in [-0.15, -0.1) is 0 Å². The fourth-order valence-corrected chi connectivity index (χ4v) is 1.50. The van der Waals surface area contributed by atoms with Crippen LogP contribution in [-0.4, -0.2) is 41.2 Å². The number of aliphatic hydroxyl groups is 2. The van der Waals surface area contributed by atoms with E-state index in [0.29, 0.717) is 19.4 Å². The van der Waals surface area contributed by atoms with E-state index in [1.807, 2.05) is 0 Å². The van der Waals surface area contributed by atoms with E-state index in [2.05, 4.69) is 0 Å². The van der Waals surface area contributed by atoms with Crippen molar-refractivity contribution in [2.75, 3.05) is 13.2 Å². The van der Waals surface area contributed by atoms with Crippen molar-refractivity contribution < 1.29 is 29.3 Å². The van der Waals surface area contributed by atoms with Crippen LogP contribution < -0.4 is 0 Å². The van der Waals surface area contributed by atoms with Gasteiger partial charge in [0.1, 0.15) is 0 Å². The summed E-state index contributed by atoms with van der Waals surface area (Å²) in [4.78, 5) is 22.5. The summed E-state index contributed by atoms with van der Waals surface area (Å²) in [5.41, 5.74) is 0. The van der Waals surface area contributed by atoms with Crippen LogP contribution in [0.5, 0.6) is 0 Å². The first kappa shape index (κ1) is 13.9. The maximum Gasteiger partial charge on any atom is 0.366 e. The maximum atomic E-state index is 11.3. The lowest BCUT2D eigenvalue weighted by molar-refractivity contribution is -0.212. The number of rotatable bonds is 0. The largest absolute Gasteiger partial charge is 0.466 e.